The molecule has 10 heteroatoms. The van der Waals surface area contributed by atoms with Gasteiger partial charge in [-0.3, -0.25) is 0 Å². The van der Waals surface area contributed by atoms with Crippen LogP contribution in [0.15, 0.2) is 33.9 Å². The summed E-state index contributed by atoms with van der Waals surface area (Å²) in [5, 5.41) is 0. The number of rotatable bonds is 2. The Morgan fingerprint density at radius 3 is 1.45 bits per heavy atom. The second-order valence-electron chi connectivity index (χ2n) is 8.18. The molecule has 0 N–H and O–H groups in total. The average Bonchev–Trinajstić information content (AvgIpc) is 2.83. The second-order valence-corrected chi connectivity index (χ2v) is 8.18. The summed E-state index contributed by atoms with van der Waals surface area (Å²) >= 11 is 0. The Hall–Kier alpha value is -3.30. The first-order valence-electron chi connectivity index (χ1n) is 8.83. The Bertz CT molecular complexity index is 969. The summed E-state index contributed by atoms with van der Waals surface area (Å²) in [7, 11) is 1.47. The minimum atomic E-state index is -1.18. The molecule has 0 unspecified atom stereocenters. The zero-order valence-electron chi connectivity index (χ0n) is 17.5. The van der Waals surface area contributed by atoms with Crippen LogP contribution in [0, 0.1) is 0 Å². The van der Waals surface area contributed by atoms with Gasteiger partial charge in [0.25, 0.3) is 0 Å². The molecule has 0 radical (unpaired) electrons. The standard InChI is InChI=1S/C19H25N3O7/c1-18(2,3)28-16(25)21-14(23)20(12-8-10-13(27-7)11-9-12)15(24)22(21)17(26)29-19(4,5)6/h8-11H,1-7H3. The van der Waals surface area contributed by atoms with Gasteiger partial charge in [-0.1, -0.05) is 0 Å². The van der Waals surface area contributed by atoms with Gasteiger partial charge in [0.2, 0.25) is 0 Å². The highest BCUT2D eigenvalue weighted by molar-refractivity contribution is 5.76. The Kier molecular flexibility index (Phi) is 5.77. The lowest BCUT2D eigenvalue weighted by Gasteiger charge is -2.21. The number of carbonyl (C=O) groups excluding carboxylic acids is 2. The molecule has 10 nitrogen and oxygen atoms in total. The van der Waals surface area contributed by atoms with Crippen molar-refractivity contribution in [2.45, 2.75) is 52.7 Å². The molecule has 2 rings (SSSR count). The van der Waals surface area contributed by atoms with Crippen LogP contribution in [-0.4, -0.2) is 44.4 Å². The highest BCUT2D eigenvalue weighted by atomic mass is 16.6. The van der Waals surface area contributed by atoms with E-state index in [2.05, 4.69) is 0 Å². The van der Waals surface area contributed by atoms with Gasteiger partial charge in [0.1, 0.15) is 17.0 Å². The molecule has 0 spiro atoms. The summed E-state index contributed by atoms with van der Waals surface area (Å²) in [6.07, 6.45) is -2.37. The molecule has 1 aromatic carbocycles. The molecule has 0 saturated heterocycles. The van der Waals surface area contributed by atoms with E-state index in [9.17, 15) is 19.2 Å². The molecular weight excluding hydrogens is 382 g/mol. The molecule has 0 bridgehead atoms. The van der Waals surface area contributed by atoms with Gasteiger partial charge in [-0.05, 0) is 65.8 Å². The third-order valence-electron chi connectivity index (χ3n) is 3.41. The summed E-state index contributed by atoms with van der Waals surface area (Å²) in [6, 6.07) is 5.95. The minimum absolute atomic E-state index is 0.139. The fraction of sp³-hybridized carbons (Fsp3) is 0.474. The van der Waals surface area contributed by atoms with Crippen molar-refractivity contribution in [2.75, 3.05) is 7.11 Å². The maximum absolute atomic E-state index is 12.9. The number of methoxy groups -OCH3 is 1. The van der Waals surface area contributed by atoms with Gasteiger partial charge in [0, 0.05) is 0 Å². The fourth-order valence-corrected chi connectivity index (χ4v) is 2.32. The number of hydrogen-bond donors (Lipinski definition) is 0. The monoisotopic (exact) mass is 407 g/mol. The van der Waals surface area contributed by atoms with Gasteiger partial charge in [0.15, 0.2) is 0 Å². The number of benzene rings is 1. The quantitative estimate of drug-likeness (QED) is 0.751. The van der Waals surface area contributed by atoms with E-state index in [4.69, 9.17) is 14.2 Å². The number of carbonyl (C=O) groups is 2. The van der Waals surface area contributed by atoms with Crippen LogP contribution >= 0.6 is 0 Å². The van der Waals surface area contributed by atoms with Gasteiger partial charge < -0.3 is 14.2 Å². The number of ether oxygens (including phenoxy) is 3. The third-order valence-corrected chi connectivity index (χ3v) is 3.41. The van der Waals surface area contributed by atoms with E-state index >= 15 is 0 Å². The van der Waals surface area contributed by atoms with Gasteiger partial charge in [-0.2, -0.15) is 0 Å². The van der Waals surface area contributed by atoms with Crippen LogP contribution in [-0.2, 0) is 9.47 Å². The first-order chi connectivity index (χ1) is 13.2. The van der Waals surface area contributed by atoms with E-state index in [1.165, 1.54) is 31.4 Å². The van der Waals surface area contributed by atoms with Gasteiger partial charge in [0.05, 0.1) is 12.8 Å². The first kappa shape index (κ1) is 22.0. The van der Waals surface area contributed by atoms with Crippen LogP contribution in [0.25, 0.3) is 5.69 Å². The van der Waals surface area contributed by atoms with Crippen molar-refractivity contribution in [3.63, 3.8) is 0 Å². The lowest BCUT2D eigenvalue weighted by atomic mass is 10.2. The summed E-state index contributed by atoms with van der Waals surface area (Å²) < 4.78 is 16.8. The molecule has 0 amide bonds. The molecule has 0 saturated carbocycles. The van der Waals surface area contributed by atoms with Crippen LogP contribution in [0.3, 0.4) is 0 Å². The molecule has 0 aliphatic carbocycles. The maximum atomic E-state index is 12.9. The van der Waals surface area contributed by atoms with Crippen molar-refractivity contribution in [1.82, 2.24) is 13.9 Å². The van der Waals surface area contributed by atoms with Crippen LogP contribution in [0.2, 0.25) is 0 Å². The van der Waals surface area contributed by atoms with E-state index in [0.29, 0.717) is 19.7 Å². The third kappa shape index (κ3) is 4.95. The smallest absolute Gasteiger partial charge is 0.438 e. The molecule has 1 aromatic heterocycles. The molecule has 29 heavy (non-hydrogen) atoms. The predicted octanol–water partition coefficient (Wildman–Crippen LogP) is 2.38. The Balaban J connectivity index is 2.72. The van der Waals surface area contributed by atoms with Crippen molar-refractivity contribution in [1.29, 1.82) is 0 Å². The highest BCUT2D eigenvalue weighted by Gasteiger charge is 2.32. The van der Waals surface area contributed by atoms with Crippen molar-refractivity contribution >= 4 is 12.2 Å². The Morgan fingerprint density at radius 1 is 0.759 bits per heavy atom. The van der Waals surface area contributed by atoms with Crippen LogP contribution in [0.5, 0.6) is 5.75 Å². The van der Waals surface area contributed by atoms with E-state index in [1.54, 1.807) is 41.5 Å². The van der Waals surface area contributed by atoms with Gasteiger partial charge >= 0.3 is 23.6 Å². The number of hydrogen-bond acceptors (Lipinski definition) is 7. The van der Waals surface area contributed by atoms with Gasteiger partial charge in [-0.25, -0.2) is 23.7 Å². The SMILES string of the molecule is COc1ccc(-n2c(=O)n(C(=O)OC(C)(C)C)n(C(=O)OC(C)(C)C)c2=O)cc1. The molecule has 1 heterocycles. The normalized spacial score (nSPS) is 11.8. The summed E-state index contributed by atoms with van der Waals surface area (Å²) in [5.74, 6) is 0.501. The second kappa shape index (κ2) is 7.61. The predicted molar refractivity (Wildman–Crippen MR) is 104 cm³/mol. The summed E-state index contributed by atoms with van der Waals surface area (Å²) in [6.45, 7) is 9.54. The molecule has 0 aliphatic rings. The van der Waals surface area contributed by atoms with Gasteiger partial charge in [-0.15, -0.1) is 9.36 Å². The topological polar surface area (TPSA) is 111 Å². The van der Waals surface area contributed by atoms with E-state index in [-0.39, 0.29) is 5.69 Å². The number of nitrogens with zero attached hydrogens (tertiary/aromatic N) is 3. The zero-order chi connectivity index (χ0) is 22.1. The lowest BCUT2D eigenvalue weighted by molar-refractivity contribution is 0.0357. The zero-order valence-corrected chi connectivity index (χ0v) is 17.5. The summed E-state index contributed by atoms with van der Waals surface area (Å²) in [4.78, 5) is 51.1. The lowest BCUT2D eigenvalue weighted by Crippen LogP contribution is -2.42. The van der Waals surface area contributed by atoms with Crippen LogP contribution in [0.1, 0.15) is 41.5 Å². The molecule has 2 aromatic rings. The highest BCUT2D eigenvalue weighted by Crippen LogP contribution is 2.14. The molecule has 0 atom stereocenters. The molecule has 0 fully saturated rings. The molecule has 0 aliphatic heterocycles. The Labute approximate surface area is 167 Å². The fourth-order valence-electron chi connectivity index (χ4n) is 2.32. The maximum Gasteiger partial charge on any atom is 0.438 e. The van der Waals surface area contributed by atoms with Crippen molar-refractivity contribution in [3.05, 3.63) is 45.2 Å². The first-order valence-corrected chi connectivity index (χ1v) is 8.83. The number of aromatic nitrogens is 3. The van der Waals surface area contributed by atoms with Crippen molar-refractivity contribution in [2.24, 2.45) is 0 Å². The van der Waals surface area contributed by atoms with Crippen molar-refractivity contribution in [3.8, 4) is 11.4 Å². The average molecular weight is 407 g/mol. The van der Waals surface area contributed by atoms with E-state index in [1.807, 2.05) is 0 Å². The van der Waals surface area contributed by atoms with Crippen LogP contribution < -0.4 is 16.1 Å². The minimum Gasteiger partial charge on any atom is -0.497 e. The van der Waals surface area contributed by atoms with E-state index < -0.39 is 34.8 Å². The molecule has 158 valence electrons. The van der Waals surface area contributed by atoms with E-state index in [0.717, 1.165) is 0 Å². The Morgan fingerprint density at radius 2 is 1.14 bits per heavy atom. The van der Waals surface area contributed by atoms with Crippen LogP contribution in [0.4, 0.5) is 9.59 Å². The summed E-state index contributed by atoms with van der Waals surface area (Å²) in [5.41, 5.74) is -3.93. The largest absolute Gasteiger partial charge is 0.497 e. The molecular formula is C19H25N3O7. The van der Waals surface area contributed by atoms with Crippen molar-refractivity contribution < 1.29 is 23.8 Å².